The largest absolute Gasteiger partial charge is 0.507 e. The molecule has 1 aromatic rings. The number of phenols is 2. The monoisotopic (exact) mass is 256 g/mol. The number of hydrogen-bond acceptors (Lipinski definition) is 3. The molecule has 0 fully saturated rings. The van der Waals surface area contributed by atoms with Crippen LogP contribution >= 0.6 is 0 Å². The summed E-state index contributed by atoms with van der Waals surface area (Å²) in [6.07, 6.45) is 6.98. The number of phenolic OH excluding ortho intramolecular Hbond substituents is 2. The molecule has 2 N–H and O–H groups in total. The normalized spacial score (nSPS) is 14.3. The van der Waals surface area contributed by atoms with Crippen molar-refractivity contribution in [1.29, 1.82) is 0 Å². The lowest BCUT2D eigenvalue weighted by Crippen LogP contribution is -1.93. The van der Waals surface area contributed by atoms with Crippen molar-refractivity contribution in [2.45, 2.75) is 32.6 Å². The fraction of sp³-hybridized carbons (Fsp3) is 0.312. The quantitative estimate of drug-likeness (QED) is 0.599. The highest BCUT2D eigenvalue weighted by molar-refractivity contribution is 5.85. The third-order valence-corrected chi connectivity index (χ3v) is 3.33. The minimum Gasteiger partial charge on any atom is -0.507 e. The zero-order chi connectivity index (χ0) is 13.8. The average Bonchev–Trinajstić information content (AvgIpc) is 2.44. The number of benzene rings is 1. The van der Waals surface area contributed by atoms with E-state index >= 15 is 0 Å². The molecule has 1 aliphatic rings. The van der Waals surface area contributed by atoms with Crippen LogP contribution in [0.5, 0.6) is 11.5 Å². The van der Waals surface area contributed by atoms with Crippen molar-refractivity contribution in [3.05, 3.63) is 34.4 Å². The molecule has 3 heteroatoms. The molecule has 98 valence electrons. The summed E-state index contributed by atoms with van der Waals surface area (Å²) in [4.78, 5) is 11.0. The minimum atomic E-state index is -0.197. The van der Waals surface area contributed by atoms with E-state index in [1.807, 2.05) is 0 Å². The van der Waals surface area contributed by atoms with Crippen LogP contribution in [0.15, 0.2) is 17.7 Å². The smallest absolute Gasteiger partial charge is 0.155 e. The van der Waals surface area contributed by atoms with E-state index in [9.17, 15) is 15.0 Å². The second-order valence-corrected chi connectivity index (χ2v) is 4.67. The topological polar surface area (TPSA) is 57.5 Å². The van der Waals surface area contributed by atoms with Gasteiger partial charge in [0.2, 0.25) is 0 Å². The molecule has 0 saturated heterocycles. The first-order valence-corrected chi connectivity index (χ1v) is 6.35. The van der Waals surface area contributed by atoms with Gasteiger partial charge in [-0.05, 0) is 44.2 Å². The minimum absolute atomic E-state index is 0.0509. The number of aromatic hydroxyl groups is 2. The number of carbonyl (C=O) groups excluding carboxylic acids is 1. The van der Waals surface area contributed by atoms with Gasteiger partial charge >= 0.3 is 0 Å². The zero-order valence-electron chi connectivity index (χ0n) is 10.9. The standard InChI is InChI=1S/C16H16O3/c1-11-15(18)9-13(14(10-17)16(11)19)8-7-12-5-3-2-4-6-12/h5,9-10,18-19H,2-4,6H2,1H3. The highest BCUT2D eigenvalue weighted by Gasteiger charge is 2.12. The highest BCUT2D eigenvalue weighted by Crippen LogP contribution is 2.31. The SMILES string of the molecule is Cc1c(O)cc(C#CC2=CCCCC2)c(C=O)c1O. The lowest BCUT2D eigenvalue weighted by molar-refractivity contribution is 0.112. The predicted molar refractivity (Wildman–Crippen MR) is 73.3 cm³/mol. The molecule has 0 spiro atoms. The molecule has 0 atom stereocenters. The summed E-state index contributed by atoms with van der Waals surface area (Å²) in [7, 11) is 0. The van der Waals surface area contributed by atoms with Crippen LogP contribution in [-0.4, -0.2) is 16.5 Å². The maximum atomic E-state index is 11.0. The maximum Gasteiger partial charge on any atom is 0.155 e. The molecule has 0 heterocycles. The lowest BCUT2D eigenvalue weighted by Gasteiger charge is -2.08. The Labute approximate surface area is 112 Å². The van der Waals surface area contributed by atoms with Gasteiger partial charge in [-0.25, -0.2) is 0 Å². The van der Waals surface area contributed by atoms with Gasteiger partial charge in [0, 0.05) is 11.1 Å². The van der Waals surface area contributed by atoms with Gasteiger partial charge in [-0.3, -0.25) is 4.79 Å². The van der Waals surface area contributed by atoms with Crippen LogP contribution < -0.4 is 0 Å². The molecule has 3 nitrogen and oxygen atoms in total. The molecular formula is C16H16O3. The zero-order valence-corrected chi connectivity index (χ0v) is 10.9. The lowest BCUT2D eigenvalue weighted by atomic mass is 9.98. The van der Waals surface area contributed by atoms with Gasteiger partial charge in [-0.1, -0.05) is 17.9 Å². The molecule has 19 heavy (non-hydrogen) atoms. The summed E-state index contributed by atoms with van der Waals surface area (Å²) in [5.41, 5.74) is 1.86. The van der Waals surface area contributed by atoms with Gasteiger partial charge < -0.3 is 10.2 Å². The molecule has 0 radical (unpaired) electrons. The molecule has 0 bridgehead atoms. The van der Waals surface area contributed by atoms with Gasteiger partial charge in [-0.2, -0.15) is 0 Å². The molecule has 0 aliphatic heterocycles. The summed E-state index contributed by atoms with van der Waals surface area (Å²) in [5, 5.41) is 19.5. The number of carbonyl (C=O) groups is 1. The molecular weight excluding hydrogens is 240 g/mol. The Morgan fingerprint density at radius 1 is 1.26 bits per heavy atom. The van der Waals surface area contributed by atoms with Crippen LogP contribution in [-0.2, 0) is 0 Å². The third-order valence-electron chi connectivity index (χ3n) is 3.33. The van der Waals surface area contributed by atoms with Crippen molar-refractivity contribution in [2.75, 3.05) is 0 Å². The fourth-order valence-corrected chi connectivity index (χ4v) is 2.10. The van der Waals surface area contributed by atoms with Crippen molar-refractivity contribution in [2.24, 2.45) is 0 Å². The van der Waals surface area contributed by atoms with E-state index in [4.69, 9.17) is 0 Å². The van der Waals surface area contributed by atoms with Crippen LogP contribution in [0.3, 0.4) is 0 Å². The van der Waals surface area contributed by atoms with Crippen LogP contribution in [0.1, 0.15) is 47.2 Å². The Morgan fingerprint density at radius 3 is 2.68 bits per heavy atom. The summed E-state index contributed by atoms with van der Waals surface area (Å²) < 4.78 is 0. The van der Waals surface area contributed by atoms with E-state index < -0.39 is 0 Å². The van der Waals surface area contributed by atoms with E-state index in [-0.39, 0.29) is 17.1 Å². The van der Waals surface area contributed by atoms with Gasteiger partial charge in [-0.15, -0.1) is 0 Å². The van der Waals surface area contributed by atoms with E-state index in [1.54, 1.807) is 6.92 Å². The molecule has 1 aromatic carbocycles. The maximum absolute atomic E-state index is 11.0. The van der Waals surface area contributed by atoms with Crippen molar-refractivity contribution in [3.63, 3.8) is 0 Å². The van der Waals surface area contributed by atoms with Gasteiger partial charge in [0.15, 0.2) is 6.29 Å². The fourth-order valence-electron chi connectivity index (χ4n) is 2.10. The number of allylic oxidation sites excluding steroid dienone is 2. The molecule has 0 unspecified atom stereocenters. The van der Waals surface area contributed by atoms with Crippen molar-refractivity contribution in [3.8, 4) is 23.3 Å². The Morgan fingerprint density at radius 2 is 2.05 bits per heavy atom. The Bertz CT molecular complexity index is 601. The first-order chi connectivity index (χ1) is 9.13. The number of hydrogen-bond donors (Lipinski definition) is 2. The van der Waals surface area contributed by atoms with Crippen LogP contribution in [0.25, 0.3) is 0 Å². The van der Waals surface area contributed by atoms with Crippen molar-refractivity contribution < 1.29 is 15.0 Å². The predicted octanol–water partition coefficient (Wildman–Crippen LogP) is 3.07. The van der Waals surface area contributed by atoms with E-state index in [0.717, 1.165) is 24.8 Å². The summed E-state index contributed by atoms with van der Waals surface area (Å²) in [6.45, 7) is 1.55. The second-order valence-electron chi connectivity index (χ2n) is 4.67. The van der Waals surface area contributed by atoms with Crippen LogP contribution in [0, 0.1) is 18.8 Å². The third kappa shape index (κ3) is 2.79. The molecule has 2 rings (SSSR count). The average molecular weight is 256 g/mol. The Balaban J connectivity index is 2.43. The van der Waals surface area contributed by atoms with Gasteiger partial charge in [0.25, 0.3) is 0 Å². The summed E-state index contributed by atoms with van der Waals surface area (Å²) in [6, 6.07) is 1.43. The summed E-state index contributed by atoms with van der Waals surface area (Å²) in [5.74, 6) is 5.64. The number of aldehydes is 1. The first kappa shape index (κ1) is 13.2. The molecule has 0 saturated carbocycles. The first-order valence-electron chi connectivity index (χ1n) is 6.35. The van der Waals surface area contributed by atoms with Crippen LogP contribution in [0.4, 0.5) is 0 Å². The molecule has 0 amide bonds. The molecule has 0 aromatic heterocycles. The highest BCUT2D eigenvalue weighted by atomic mass is 16.3. The molecule has 1 aliphatic carbocycles. The summed E-state index contributed by atoms with van der Waals surface area (Å²) >= 11 is 0. The van der Waals surface area contributed by atoms with Crippen LogP contribution in [0.2, 0.25) is 0 Å². The second kappa shape index (κ2) is 5.62. The van der Waals surface area contributed by atoms with Crippen molar-refractivity contribution >= 4 is 6.29 Å². The van der Waals surface area contributed by atoms with E-state index in [2.05, 4.69) is 17.9 Å². The van der Waals surface area contributed by atoms with E-state index in [1.165, 1.54) is 12.5 Å². The van der Waals surface area contributed by atoms with Crippen molar-refractivity contribution in [1.82, 2.24) is 0 Å². The van der Waals surface area contributed by atoms with E-state index in [0.29, 0.717) is 17.4 Å². The number of rotatable bonds is 1. The van der Waals surface area contributed by atoms with Gasteiger partial charge in [0.1, 0.15) is 11.5 Å². The Kier molecular flexibility index (Phi) is 3.91. The Hall–Kier alpha value is -2.21. The van der Waals surface area contributed by atoms with Gasteiger partial charge in [0.05, 0.1) is 5.56 Å².